The van der Waals surface area contributed by atoms with Crippen LogP contribution in [0.4, 0.5) is 5.82 Å². The van der Waals surface area contributed by atoms with E-state index in [0.717, 1.165) is 23.9 Å². The number of anilines is 1. The second kappa shape index (κ2) is 11.5. The number of rotatable bonds is 12. The maximum atomic E-state index is 7.45. The molecule has 0 unspecified atom stereocenters. The number of nitrogen functional groups attached to an aromatic ring is 1. The average Bonchev–Trinajstić information content (AvgIpc) is 2.69. The van der Waals surface area contributed by atoms with E-state index in [1.165, 1.54) is 18.7 Å². The number of hydrogen-bond donors (Lipinski definition) is 2. The molecule has 0 amide bonds. The molecule has 1 aromatic heterocycles. The van der Waals surface area contributed by atoms with Gasteiger partial charge in [0.2, 0.25) is 0 Å². The third-order valence-electron chi connectivity index (χ3n) is 4.67. The van der Waals surface area contributed by atoms with Crippen molar-refractivity contribution in [3.8, 4) is 11.5 Å². The number of benzene rings is 1. The molecule has 6 nitrogen and oxygen atoms in total. The van der Waals surface area contributed by atoms with Crippen LogP contribution in [0.5, 0.6) is 11.5 Å². The lowest BCUT2D eigenvalue weighted by Crippen LogP contribution is -2.26. The molecule has 0 saturated carbocycles. The van der Waals surface area contributed by atoms with Gasteiger partial charge in [0.15, 0.2) is 0 Å². The maximum absolute atomic E-state index is 7.45. The summed E-state index contributed by atoms with van der Waals surface area (Å²) in [6.07, 6.45) is 4.67. The number of nitrogens with zero attached hydrogens (tertiary/aromatic N) is 2. The lowest BCUT2D eigenvalue weighted by Gasteiger charge is -2.20. The van der Waals surface area contributed by atoms with Crippen molar-refractivity contribution in [3.63, 3.8) is 0 Å². The van der Waals surface area contributed by atoms with E-state index in [0.29, 0.717) is 30.5 Å². The number of aromatic nitrogens is 1. The monoisotopic (exact) mass is 412 g/mol. The molecular weight excluding hydrogens is 380 g/mol. The van der Waals surface area contributed by atoms with Crippen LogP contribution in [-0.2, 0) is 4.74 Å². The fourth-order valence-electron chi connectivity index (χ4n) is 3.01. The Morgan fingerprint density at radius 2 is 1.86 bits per heavy atom. The average molecular weight is 413 g/mol. The van der Waals surface area contributed by atoms with Gasteiger partial charge in [-0.3, -0.25) is 4.99 Å². The number of aliphatic imine (C=N–C) groups is 1. The summed E-state index contributed by atoms with van der Waals surface area (Å²) in [6.45, 7) is 8.14. The zero-order valence-corrected chi connectivity index (χ0v) is 18.6. The molecule has 0 aliphatic heterocycles. The SMILES string of the molecule is CCC[Si](C)(C)CCOCN=C(CC=N)c1ccc(Oc2ccc(N)nc2)cc1. The van der Waals surface area contributed by atoms with Gasteiger partial charge >= 0.3 is 0 Å². The number of ether oxygens (including phenoxy) is 2. The number of hydrogen-bond acceptors (Lipinski definition) is 6. The quantitative estimate of drug-likeness (QED) is 0.278. The number of nitrogens with one attached hydrogen (secondary N) is 1. The Labute approximate surface area is 174 Å². The first-order valence-corrected chi connectivity index (χ1v) is 13.4. The molecule has 29 heavy (non-hydrogen) atoms. The van der Waals surface area contributed by atoms with E-state index in [4.69, 9.17) is 20.6 Å². The Hall–Kier alpha value is -2.51. The third-order valence-corrected chi connectivity index (χ3v) is 8.09. The Kier molecular flexibility index (Phi) is 9.01. The highest BCUT2D eigenvalue weighted by Crippen LogP contribution is 2.22. The fourth-order valence-corrected chi connectivity index (χ4v) is 5.31. The summed E-state index contributed by atoms with van der Waals surface area (Å²) in [5.74, 6) is 1.79. The Morgan fingerprint density at radius 1 is 1.14 bits per heavy atom. The summed E-state index contributed by atoms with van der Waals surface area (Å²) in [4.78, 5) is 8.58. The van der Waals surface area contributed by atoms with Crippen molar-refractivity contribution in [1.29, 1.82) is 5.41 Å². The van der Waals surface area contributed by atoms with Crippen LogP contribution in [0, 0.1) is 5.41 Å². The number of nitrogens with two attached hydrogens (primary N) is 1. The molecule has 0 fully saturated rings. The second-order valence-corrected chi connectivity index (χ2v) is 13.1. The zero-order chi connectivity index (χ0) is 21.1. The molecule has 156 valence electrons. The van der Waals surface area contributed by atoms with Gasteiger partial charge in [0.25, 0.3) is 0 Å². The van der Waals surface area contributed by atoms with Gasteiger partial charge in [-0.1, -0.05) is 32.5 Å². The largest absolute Gasteiger partial charge is 0.456 e. The van der Waals surface area contributed by atoms with Crippen molar-refractivity contribution < 1.29 is 9.47 Å². The first kappa shape index (κ1) is 22.8. The van der Waals surface area contributed by atoms with Crippen LogP contribution >= 0.6 is 0 Å². The van der Waals surface area contributed by atoms with Gasteiger partial charge in [0.05, 0.1) is 11.9 Å². The van der Waals surface area contributed by atoms with Crippen molar-refractivity contribution in [2.75, 3.05) is 19.1 Å². The summed E-state index contributed by atoms with van der Waals surface area (Å²) >= 11 is 0. The standard InChI is InChI=1S/C22H32N4O2Si/c1-4-14-29(2,3)15-13-27-17-26-21(11-12-23)18-5-7-19(8-6-18)28-20-9-10-22(24)25-16-20/h5-10,12,16,23H,4,11,13-15,17H2,1-3H3,(H2,24,25). The van der Waals surface area contributed by atoms with Gasteiger partial charge in [-0.05, 0) is 48.0 Å². The molecule has 3 N–H and O–H groups in total. The Bertz CT molecular complexity index is 789. The first-order valence-electron chi connectivity index (χ1n) is 10.0. The smallest absolute Gasteiger partial charge is 0.145 e. The molecule has 7 heteroatoms. The van der Waals surface area contributed by atoms with Crippen LogP contribution in [0.15, 0.2) is 47.6 Å². The Balaban J connectivity index is 1.92. The summed E-state index contributed by atoms with van der Waals surface area (Å²) in [5.41, 5.74) is 7.39. The summed E-state index contributed by atoms with van der Waals surface area (Å²) in [7, 11) is -1.14. The molecule has 1 heterocycles. The van der Waals surface area contributed by atoms with E-state index in [1.807, 2.05) is 24.3 Å². The lowest BCUT2D eigenvalue weighted by atomic mass is 10.1. The molecule has 2 aromatic rings. The van der Waals surface area contributed by atoms with Gasteiger partial charge in [-0.2, -0.15) is 0 Å². The van der Waals surface area contributed by atoms with E-state index in [1.54, 1.807) is 18.3 Å². The topological polar surface area (TPSA) is 93.6 Å². The van der Waals surface area contributed by atoms with E-state index in [9.17, 15) is 0 Å². The third kappa shape index (κ3) is 8.17. The van der Waals surface area contributed by atoms with Crippen LogP contribution in [-0.4, -0.2) is 38.3 Å². The van der Waals surface area contributed by atoms with Crippen molar-refractivity contribution in [2.24, 2.45) is 4.99 Å². The highest BCUT2D eigenvalue weighted by Gasteiger charge is 2.18. The molecule has 0 radical (unpaired) electrons. The second-order valence-electron chi connectivity index (χ2n) is 7.76. The van der Waals surface area contributed by atoms with Gasteiger partial charge in [-0.25, -0.2) is 4.98 Å². The zero-order valence-electron chi connectivity index (χ0n) is 17.6. The minimum atomic E-state index is -1.14. The predicted octanol–water partition coefficient (Wildman–Crippen LogP) is 5.38. The number of pyridine rings is 1. The molecule has 0 atom stereocenters. The lowest BCUT2D eigenvalue weighted by molar-refractivity contribution is 0.155. The van der Waals surface area contributed by atoms with Gasteiger partial charge in [0, 0.05) is 27.3 Å². The van der Waals surface area contributed by atoms with E-state index >= 15 is 0 Å². The normalized spacial score (nSPS) is 12.0. The molecule has 0 aliphatic rings. The van der Waals surface area contributed by atoms with Crippen LogP contribution in [0.1, 0.15) is 25.3 Å². The molecule has 1 aromatic carbocycles. The van der Waals surface area contributed by atoms with Crippen molar-refractivity contribution in [1.82, 2.24) is 4.98 Å². The van der Waals surface area contributed by atoms with E-state index in [-0.39, 0.29) is 0 Å². The van der Waals surface area contributed by atoms with Crippen molar-refractivity contribution in [3.05, 3.63) is 48.2 Å². The summed E-state index contributed by atoms with van der Waals surface area (Å²) in [6, 6.07) is 13.6. The van der Waals surface area contributed by atoms with Crippen LogP contribution in [0.3, 0.4) is 0 Å². The molecule has 0 aliphatic carbocycles. The molecule has 0 bridgehead atoms. The van der Waals surface area contributed by atoms with Gasteiger partial charge in [-0.15, -0.1) is 0 Å². The Morgan fingerprint density at radius 3 is 2.48 bits per heavy atom. The van der Waals surface area contributed by atoms with Gasteiger partial charge in [0.1, 0.15) is 24.0 Å². The highest BCUT2D eigenvalue weighted by atomic mass is 28.3. The van der Waals surface area contributed by atoms with Gasteiger partial charge < -0.3 is 20.6 Å². The summed E-state index contributed by atoms with van der Waals surface area (Å²) < 4.78 is 11.5. The maximum Gasteiger partial charge on any atom is 0.145 e. The molecular formula is C22H32N4O2Si. The van der Waals surface area contributed by atoms with Crippen molar-refractivity contribution in [2.45, 2.75) is 44.9 Å². The van der Waals surface area contributed by atoms with Crippen LogP contribution < -0.4 is 10.5 Å². The summed E-state index contributed by atoms with van der Waals surface area (Å²) in [5, 5.41) is 7.45. The van der Waals surface area contributed by atoms with E-state index < -0.39 is 8.07 Å². The van der Waals surface area contributed by atoms with Crippen LogP contribution in [0.2, 0.25) is 25.2 Å². The fraction of sp³-hybridized carbons (Fsp3) is 0.409. The predicted molar refractivity (Wildman–Crippen MR) is 123 cm³/mol. The molecule has 0 spiro atoms. The van der Waals surface area contributed by atoms with Crippen LogP contribution in [0.25, 0.3) is 0 Å². The first-order chi connectivity index (χ1) is 13.9. The van der Waals surface area contributed by atoms with E-state index in [2.05, 4.69) is 30.0 Å². The van der Waals surface area contributed by atoms with Crippen molar-refractivity contribution >= 4 is 25.8 Å². The molecule has 2 rings (SSSR count). The highest BCUT2D eigenvalue weighted by molar-refractivity contribution is 6.77. The molecule has 0 saturated heterocycles. The minimum Gasteiger partial charge on any atom is -0.456 e. The minimum absolute atomic E-state index is 0.329.